The number of unbranched alkanes of at least 4 members (excludes halogenated alkanes) is 2. The third-order valence-electron chi connectivity index (χ3n) is 2.59. The summed E-state index contributed by atoms with van der Waals surface area (Å²) in [5, 5.41) is 0. The second-order valence-corrected chi connectivity index (χ2v) is 5.53. The highest BCUT2D eigenvalue weighted by Gasteiger charge is 2.17. The molecule has 0 saturated carbocycles. The summed E-state index contributed by atoms with van der Waals surface area (Å²) < 4.78 is 0. The number of hydrogen-bond acceptors (Lipinski definition) is 0. The molecule has 0 N–H and O–H groups in total. The maximum Gasteiger partial charge on any atom is 0.0148 e. The molecule has 1 heteroatoms. The predicted molar refractivity (Wildman–Crippen MR) is 60.9 cm³/mol. The van der Waals surface area contributed by atoms with Crippen molar-refractivity contribution in [2.75, 3.05) is 0 Å². The lowest BCUT2D eigenvalue weighted by molar-refractivity contribution is 0.348. The normalized spacial score (nSPS) is 16.5. The molecule has 12 heavy (non-hydrogen) atoms. The zero-order valence-electron chi connectivity index (χ0n) is 8.94. The van der Waals surface area contributed by atoms with E-state index in [4.69, 9.17) is 0 Å². The van der Waals surface area contributed by atoms with E-state index < -0.39 is 0 Å². The van der Waals surface area contributed by atoms with Crippen LogP contribution in [-0.2, 0) is 0 Å². The van der Waals surface area contributed by atoms with Crippen LogP contribution in [0.5, 0.6) is 0 Å². The smallest absolute Gasteiger partial charge is 0.0148 e. The fourth-order valence-electron chi connectivity index (χ4n) is 1.72. The maximum atomic E-state index is 3.69. The summed E-state index contributed by atoms with van der Waals surface area (Å²) in [7, 11) is 0. The molecule has 2 atom stereocenters. The first-order chi connectivity index (χ1) is 5.59. The van der Waals surface area contributed by atoms with Crippen LogP contribution in [0.4, 0.5) is 0 Å². The Morgan fingerprint density at radius 1 is 1.08 bits per heavy atom. The second kappa shape index (κ2) is 6.94. The molecule has 0 rings (SSSR count). The highest BCUT2D eigenvalue weighted by atomic mass is 79.9. The van der Waals surface area contributed by atoms with E-state index in [0.29, 0.717) is 4.83 Å². The van der Waals surface area contributed by atoms with Crippen molar-refractivity contribution in [3.05, 3.63) is 0 Å². The first kappa shape index (κ1) is 12.5. The van der Waals surface area contributed by atoms with Crippen molar-refractivity contribution < 1.29 is 0 Å². The number of rotatable bonds is 6. The van der Waals surface area contributed by atoms with Crippen molar-refractivity contribution in [3.8, 4) is 0 Å². The number of hydrogen-bond donors (Lipinski definition) is 0. The third kappa shape index (κ3) is 5.18. The van der Waals surface area contributed by atoms with Crippen LogP contribution in [0, 0.1) is 11.8 Å². The Bertz CT molecular complexity index is 89.2. The van der Waals surface area contributed by atoms with E-state index in [9.17, 15) is 0 Å². The largest absolute Gasteiger partial charge is 0.0891 e. The quantitative estimate of drug-likeness (QED) is 0.465. The van der Waals surface area contributed by atoms with Gasteiger partial charge in [-0.3, -0.25) is 0 Å². The molecule has 0 fully saturated rings. The van der Waals surface area contributed by atoms with Gasteiger partial charge in [-0.15, -0.1) is 0 Å². The van der Waals surface area contributed by atoms with E-state index in [1.165, 1.54) is 25.7 Å². The van der Waals surface area contributed by atoms with Crippen LogP contribution >= 0.6 is 15.9 Å². The minimum absolute atomic E-state index is 0.675. The van der Waals surface area contributed by atoms with Crippen LogP contribution in [-0.4, -0.2) is 4.83 Å². The fourth-order valence-corrected chi connectivity index (χ4v) is 2.60. The van der Waals surface area contributed by atoms with E-state index in [1.807, 2.05) is 0 Å². The van der Waals surface area contributed by atoms with Gasteiger partial charge in [0.1, 0.15) is 0 Å². The minimum atomic E-state index is 0.675. The Balaban J connectivity index is 3.64. The lowest BCUT2D eigenvalue weighted by atomic mass is 9.88. The zero-order chi connectivity index (χ0) is 9.56. The SMILES string of the molecule is CCCCCC(C(C)C)C(C)Br. The lowest BCUT2D eigenvalue weighted by Gasteiger charge is -2.23. The molecule has 0 aliphatic rings. The van der Waals surface area contributed by atoms with E-state index >= 15 is 0 Å². The maximum absolute atomic E-state index is 3.69. The van der Waals surface area contributed by atoms with Gasteiger partial charge in [-0.05, 0) is 18.3 Å². The molecule has 0 aromatic rings. The van der Waals surface area contributed by atoms with Crippen LogP contribution < -0.4 is 0 Å². The van der Waals surface area contributed by atoms with E-state index in [1.54, 1.807) is 0 Å². The van der Waals surface area contributed by atoms with Gasteiger partial charge in [-0.2, -0.15) is 0 Å². The second-order valence-electron chi connectivity index (χ2n) is 4.08. The highest BCUT2D eigenvalue weighted by Crippen LogP contribution is 2.26. The molecule has 0 aliphatic carbocycles. The molecular weight excluding hydrogens is 212 g/mol. The Morgan fingerprint density at radius 3 is 2.00 bits per heavy atom. The molecule has 0 aromatic heterocycles. The topological polar surface area (TPSA) is 0 Å². The average molecular weight is 235 g/mol. The lowest BCUT2D eigenvalue weighted by Crippen LogP contribution is -2.17. The van der Waals surface area contributed by atoms with Gasteiger partial charge < -0.3 is 0 Å². The van der Waals surface area contributed by atoms with Crippen LogP contribution in [0.2, 0.25) is 0 Å². The molecule has 0 radical (unpaired) electrons. The van der Waals surface area contributed by atoms with Gasteiger partial charge in [0.15, 0.2) is 0 Å². The van der Waals surface area contributed by atoms with Crippen molar-refractivity contribution in [2.24, 2.45) is 11.8 Å². The Morgan fingerprint density at radius 2 is 1.67 bits per heavy atom. The van der Waals surface area contributed by atoms with E-state index in [0.717, 1.165) is 11.8 Å². The van der Waals surface area contributed by atoms with E-state index in [2.05, 4.69) is 43.6 Å². The summed E-state index contributed by atoms with van der Waals surface area (Å²) in [5.41, 5.74) is 0. The van der Waals surface area contributed by atoms with Gasteiger partial charge in [0, 0.05) is 4.83 Å². The molecule has 0 spiro atoms. The molecule has 0 amide bonds. The Labute approximate surface area is 86.3 Å². The van der Waals surface area contributed by atoms with Crippen LogP contribution in [0.15, 0.2) is 0 Å². The summed E-state index contributed by atoms with van der Waals surface area (Å²) in [6.07, 6.45) is 5.51. The Hall–Kier alpha value is 0.480. The summed E-state index contributed by atoms with van der Waals surface area (Å²) in [4.78, 5) is 0.675. The van der Waals surface area contributed by atoms with Crippen LogP contribution in [0.1, 0.15) is 53.4 Å². The first-order valence-corrected chi connectivity index (χ1v) is 6.15. The van der Waals surface area contributed by atoms with Gasteiger partial charge in [-0.1, -0.05) is 62.9 Å². The standard InChI is InChI=1S/C11H23Br/c1-5-6-7-8-11(9(2)3)10(4)12/h9-11H,5-8H2,1-4H3. The summed E-state index contributed by atoms with van der Waals surface area (Å²) in [6, 6.07) is 0. The van der Waals surface area contributed by atoms with E-state index in [-0.39, 0.29) is 0 Å². The fraction of sp³-hybridized carbons (Fsp3) is 1.00. The van der Waals surface area contributed by atoms with Gasteiger partial charge >= 0.3 is 0 Å². The van der Waals surface area contributed by atoms with Gasteiger partial charge in [0.05, 0.1) is 0 Å². The molecule has 0 aliphatic heterocycles. The Kier molecular flexibility index (Phi) is 7.22. The van der Waals surface area contributed by atoms with Crippen LogP contribution in [0.3, 0.4) is 0 Å². The summed E-state index contributed by atoms with van der Waals surface area (Å²) >= 11 is 3.69. The average Bonchev–Trinajstić information content (AvgIpc) is 1.96. The molecule has 0 aromatic carbocycles. The molecule has 0 heterocycles. The molecule has 2 unspecified atom stereocenters. The first-order valence-electron chi connectivity index (χ1n) is 5.23. The number of halogens is 1. The number of alkyl halides is 1. The third-order valence-corrected chi connectivity index (χ3v) is 3.27. The minimum Gasteiger partial charge on any atom is -0.0891 e. The summed E-state index contributed by atoms with van der Waals surface area (Å²) in [5.74, 6) is 1.67. The zero-order valence-corrected chi connectivity index (χ0v) is 10.5. The van der Waals surface area contributed by atoms with Crippen molar-refractivity contribution in [3.63, 3.8) is 0 Å². The molecule has 0 bridgehead atoms. The van der Waals surface area contributed by atoms with Crippen LogP contribution in [0.25, 0.3) is 0 Å². The predicted octanol–water partition coefficient (Wildman–Crippen LogP) is 4.62. The highest BCUT2D eigenvalue weighted by molar-refractivity contribution is 9.09. The van der Waals surface area contributed by atoms with Crippen molar-refractivity contribution in [1.29, 1.82) is 0 Å². The van der Waals surface area contributed by atoms with Gasteiger partial charge in [0.2, 0.25) is 0 Å². The van der Waals surface area contributed by atoms with Crippen molar-refractivity contribution in [1.82, 2.24) is 0 Å². The molecule has 0 nitrogen and oxygen atoms in total. The van der Waals surface area contributed by atoms with Gasteiger partial charge in [-0.25, -0.2) is 0 Å². The molecule has 74 valence electrons. The van der Waals surface area contributed by atoms with Crippen molar-refractivity contribution in [2.45, 2.75) is 58.2 Å². The monoisotopic (exact) mass is 234 g/mol. The summed E-state index contributed by atoms with van der Waals surface area (Å²) in [6.45, 7) is 9.20. The van der Waals surface area contributed by atoms with Gasteiger partial charge in [0.25, 0.3) is 0 Å². The molecule has 0 saturated heterocycles. The van der Waals surface area contributed by atoms with Crippen molar-refractivity contribution >= 4 is 15.9 Å². The molecular formula is C11H23Br.